The Hall–Kier alpha value is -0.260. The van der Waals surface area contributed by atoms with Crippen molar-refractivity contribution >= 4 is 17.7 Å². The molecule has 1 atom stereocenters. The molecule has 14 heavy (non-hydrogen) atoms. The van der Waals surface area contributed by atoms with E-state index in [1.54, 1.807) is 0 Å². The van der Waals surface area contributed by atoms with Gasteiger partial charge in [-0.05, 0) is 12.8 Å². The smallest absolute Gasteiger partial charge is 0.236 e. The third-order valence-electron chi connectivity index (χ3n) is 2.91. The molecule has 0 aromatic carbocycles. The number of nitrogens with two attached hydrogens (primary N) is 1. The van der Waals surface area contributed by atoms with Gasteiger partial charge in [0, 0.05) is 25.4 Å². The van der Waals surface area contributed by atoms with E-state index in [2.05, 4.69) is 5.32 Å². The summed E-state index contributed by atoms with van der Waals surface area (Å²) in [4.78, 5) is 13.5. The summed E-state index contributed by atoms with van der Waals surface area (Å²) in [7, 11) is 0. The minimum atomic E-state index is 0.0818. The summed E-state index contributed by atoms with van der Waals surface area (Å²) in [6.07, 6.45) is 2.26. The van der Waals surface area contributed by atoms with Crippen LogP contribution >= 0.6 is 11.8 Å². The molecular formula is C9H17N3OS. The number of hydrogen-bond donors (Lipinski definition) is 2. The van der Waals surface area contributed by atoms with E-state index >= 15 is 0 Å². The highest BCUT2D eigenvalue weighted by molar-refractivity contribution is 8.00. The van der Waals surface area contributed by atoms with E-state index in [1.165, 1.54) is 6.42 Å². The first-order chi connectivity index (χ1) is 6.76. The van der Waals surface area contributed by atoms with Crippen molar-refractivity contribution in [1.82, 2.24) is 10.2 Å². The summed E-state index contributed by atoms with van der Waals surface area (Å²) in [6.45, 7) is 2.91. The summed E-state index contributed by atoms with van der Waals surface area (Å²) in [5, 5.41) is 3.51. The van der Waals surface area contributed by atoms with E-state index in [9.17, 15) is 4.79 Å². The van der Waals surface area contributed by atoms with Gasteiger partial charge in [0.2, 0.25) is 5.91 Å². The Morgan fingerprint density at radius 3 is 3.14 bits per heavy atom. The molecule has 2 aliphatic rings. The first kappa shape index (κ1) is 10.3. The average molecular weight is 215 g/mol. The molecule has 5 heteroatoms. The molecule has 2 heterocycles. The number of amides is 1. The van der Waals surface area contributed by atoms with Crippen LogP contribution in [0.15, 0.2) is 0 Å². The topological polar surface area (TPSA) is 58.4 Å². The van der Waals surface area contributed by atoms with E-state index in [0.717, 1.165) is 31.8 Å². The summed E-state index contributed by atoms with van der Waals surface area (Å²) in [5.74, 6) is 1.24. The van der Waals surface area contributed by atoms with Crippen LogP contribution in [0.5, 0.6) is 0 Å². The standard InChI is InChI=1S/C9H17N3OS/c10-6-8(13)12-4-1-2-9(7-12)11-3-5-14-9/h11H,1-7,10H2. The molecule has 2 rings (SSSR count). The van der Waals surface area contributed by atoms with Crippen LogP contribution in [0.25, 0.3) is 0 Å². The highest BCUT2D eigenvalue weighted by Gasteiger charge is 2.39. The number of nitrogens with zero attached hydrogens (tertiary/aromatic N) is 1. The van der Waals surface area contributed by atoms with Crippen molar-refractivity contribution in [2.24, 2.45) is 5.73 Å². The predicted molar refractivity (Wildman–Crippen MR) is 58.1 cm³/mol. The van der Waals surface area contributed by atoms with Gasteiger partial charge in [-0.1, -0.05) is 0 Å². The van der Waals surface area contributed by atoms with Crippen molar-refractivity contribution in [3.8, 4) is 0 Å². The number of carbonyl (C=O) groups is 1. The van der Waals surface area contributed by atoms with Crippen LogP contribution in [-0.2, 0) is 4.79 Å². The fourth-order valence-corrected chi connectivity index (χ4v) is 3.54. The number of nitrogens with one attached hydrogen (secondary N) is 1. The molecule has 0 aromatic rings. The van der Waals surface area contributed by atoms with Crippen molar-refractivity contribution < 1.29 is 4.79 Å². The lowest BCUT2D eigenvalue weighted by Gasteiger charge is -2.39. The number of rotatable bonds is 1. The number of piperidine rings is 1. The van der Waals surface area contributed by atoms with E-state index < -0.39 is 0 Å². The first-order valence-corrected chi connectivity index (χ1v) is 6.11. The van der Waals surface area contributed by atoms with Crippen LogP contribution in [0.3, 0.4) is 0 Å². The van der Waals surface area contributed by atoms with Gasteiger partial charge in [-0.3, -0.25) is 4.79 Å². The summed E-state index contributed by atoms with van der Waals surface area (Å²) < 4.78 is 0. The second-order valence-electron chi connectivity index (χ2n) is 3.89. The Kier molecular flexibility index (Phi) is 2.99. The maximum atomic E-state index is 11.5. The van der Waals surface area contributed by atoms with Crippen LogP contribution in [-0.4, -0.2) is 47.6 Å². The molecule has 0 aliphatic carbocycles. The lowest BCUT2D eigenvalue weighted by Crippen LogP contribution is -2.54. The van der Waals surface area contributed by atoms with Gasteiger partial charge >= 0.3 is 0 Å². The lowest BCUT2D eigenvalue weighted by molar-refractivity contribution is -0.131. The van der Waals surface area contributed by atoms with Crippen LogP contribution in [0, 0.1) is 0 Å². The van der Waals surface area contributed by atoms with Crippen LogP contribution in [0.2, 0.25) is 0 Å². The molecule has 1 spiro atoms. The molecule has 1 amide bonds. The zero-order chi connectivity index (χ0) is 10.0. The Labute approximate surface area is 88.6 Å². The number of carbonyl (C=O) groups excluding carboxylic acids is 1. The largest absolute Gasteiger partial charge is 0.339 e. The Morgan fingerprint density at radius 2 is 2.50 bits per heavy atom. The van der Waals surface area contributed by atoms with Crippen LogP contribution in [0.1, 0.15) is 12.8 Å². The Bertz CT molecular complexity index is 228. The molecule has 1 unspecified atom stereocenters. The monoisotopic (exact) mass is 215 g/mol. The van der Waals surface area contributed by atoms with Crippen molar-refractivity contribution in [2.75, 3.05) is 31.9 Å². The second-order valence-corrected chi connectivity index (χ2v) is 5.37. The van der Waals surface area contributed by atoms with Crippen molar-refractivity contribution in [1.29, 1.82) is 0 Å². The highest BCUT2D eigenvalue weighted by atomic mass is 32.2. The average Bonchev–Trinajstić information content (AvgIpc) is 2.65. The fraction of sp³-hybridized carbons (Fsp3) is 0.889. The minimum absolute atomic E-state index is 0.0818. The quantitative estimate of drug-likeness (QED) is 0.625. The van der Waals surface area contributed by atoms with Gasteiger partial charge < -0.3 is 16.0 Å². The number of likely N-dealkylation sites (tertiary alicyclic amines) is 1. The fourth-order valence-electron chi connectivity index (χ4n) is 2.20. The normalized spacial score (nSPS) is 32.5. The van der Waals surface area contributed by atoms with E-state index in [-0.39, 0.29) is 17.3 Å². The third-order valence-corrected chi connectivity index (χ3v) is 4.35. The molecule has 2 saturated heterocycles. The van der Waals surface area contributed by atoms with E-state index in [1.807, 2.05) is 16.7 Å². The maximum absolute atomic E-state index is 11.5. The summed E-state index contributed by atoms with van der Waals surface area (Å²) >= 11 is 1.95. The first-order valence-electron chi connectivity index (χ1n) is 5.13. The Balaban J connectivity index is 1.99. The Morgan fingerprint density at radius 1 is 1.64 bits per heavy atom. The van der Waals surface area contributed by atoms with Crippen molar-refractivity contribution in [2.45, 2.75) is 17.7 Å². The molecule has 80 valence electrons. The summed E-state index contributed by atoms with van der Waals surface area (Å²) in [6, 6.07) is 0. The van der Waals surface area contributed by atoms with Gasteiger partial charge in [0.25, 0.3) is 0 Å². The zero-order valence-corrected chi connectivity index (χ0v) is 9.11. The maximum Gasteiger partial charge on any atom is 0.236 e. The van der Waals surface area contributed by atoms with Gasteiger partial charge in [0.15, 0.2) is 0 Å². The number of hydrogen-bond acceptors (Lipinski definition) is 4. The highest BCUT2D eigenvalue weighted by Crippen LogP contribution is 2.35. The van der Waals surface area contributed by atoms with Gasteiger partial charge in [-0.2, -0.15) is 0 Å². The van der Waals surface area contributed by atoms with Gasteiger partial charge in [-0.15, -0.1) is 11.8 Å². The molecule has 2 fully saturated rings. The molecular weight excluding hydrogens is 198 g/mol. The predicted octanol–water partition coefficient (Wildman–Crippen LogP) is -0.400. The van der Waals surface area contributed by atoms with E-state index in [0.29, 0.717) is 0 Å². The molecule has 0 aromatic heterocycles. The summed E-state index contributed by atoms with van der Waals surface area (Å²) in [5.41, 5.74) is 5.37. The lowest BCUT2D eigenvalue weighted by atomic mass is 10.0. The number of thioether (sulfide) groups is 1. The van der Waals surface area contributed by atoms with Crippen molar-refractivity contribution in [3.05, 3.63) is 0 Å². The molecule has 0 bridgehead atoms. The van der Waals surface area contributed by atoms with Crippen molar-refractivity contribution in [3.63, 3.8) is 0 Å². The minimum Gasteiger partial charge on any atom is -0.339 e. The molecule has 3 N–H and O–H groups in total. The van der Waals surface area contributed by atoms with Gasteiger partial charge in [0.1, 0.15) is 0 Å². The molecule has 2 aliphatic heterocycles. The van der Waals surface area contributed by atoms with E-state index in [4.69, 9.17) is 5.73 Å². The zero-order valence-electron chi connectivity index (χ0n) is 8.29. The third kappa shape index (κ3) is 1.89. The van der Waals surface area contributed by atoms with Gasteiger partial charge in [0.05, 0.1) is 11.4 Å². The van der Waals surface area contributed by atoms with Crippen LogP contribution < -0.4 is 11.1 Å². The second kappa shape index (κ2) is 4.08. The SMILES string of the molecule is NCC(=O)N1CCCC2(C1)NCCS2. The molecule has 4 nitrogen and oxygen atoms in total. The molecule has 0 saturated carbocycles. The van der Waals surface area contributed by atoms with Crippen LogP contribution in [0.4, 0.5) is 0 Å². The molecule has 0 radical (unpaired) electrons. The van der Waals surface area contributed by atoms with Gasteiger partial charge in [-0.25, -0.2) is 0 Å².